The van der Waals surface area contributed by atoms with Crippen LogP contribution < -0.4 is 0 Å². The Morgan fingerprint density at radius 3 is 3.08 bits per heavy atom. The van der Waals surface area contributed by atoms with Crippen molar-refractivity contribution < 1.29 is 14.3 Å². The van der Waals surface area contributed by atoms with E-state index in [9.17, 15) is 4.79 Å². The monoisotopic (exact) mass is 166 g/mol. The summed E-state index contributed by atoms with van der Waals surface area (Å²) in [4.78, 5) is 11.2. The standard InChI is InChI=1S/C9H10O3/c1-8-2-3-9(12-8)5-11-7(10)6(9)4-8/h2-3,6H,4-5H2,1H3. The Kier molecular flexibility index (Phi) is 0.884. The van der Waals surface area contributed by atoms with Crippen molar-refractivity contribution in [3.05, 3.63) is 12.2 Å². The molecule has 3 rings (SSSR count). The Bertz CT molecular complexity index is 296. The zero-order valence-electron chi connectivity index (χ0n) is 6.87. The van der Waals surface area contributed by atoms with Crippen LogP contribution in [0.4, 0.5) is 0 Å². The van der Waals surface area contributed by atoms with Crippen LogP contribution in [0, 0.1) is 5.92 Å². The van der Waals surface area contributed by atoms with E-state index in [0.29, 0.717) is 6.61 Å². The molecule has 0 aliphatic carbocycles. The Labute approximate surface area is 70.3 Å². The number of ether oxygens (including phenoxy) is 2. The number of rotatable bonds is 0. The molecular weight excluding hydrogens is 156 g/mol. The summed E-state index contributed by atoms with van der Waals surface area (Å²) in [5.74, 6) is -0.143. The highest BCUT2D eigenvalue weighted by Gasteiger charge is 2.63. The van der Waals surface area contributed by atoms with Crippen molar-refractivity contribution >= 4 is 5.97 Å². The molecule has 0 aromatic heterocycles. The molecule has 2 fully saturated rings. The van der Waals surface area contributed by atoms with Gasteiger partial charge < -0.3 is 9.47 Å². The van der Waals surface area contributed by atoms with E-state index < -0.39 is 5.60 Å². The first-order valence-corrected chi connectivity index (χ1v) is 4.21. The van der Waals surface area contributed by atoms with E-state index in [-0.39, 0.29) is 17.5 Å². The molecule has 3 aliphatic heterocycles. The maximum absolute atomic E-state index is 11.2. The highest BCUT2D eigenvalue weighted by atomic mass is 16.6. The first kappa shape index (κ1) is 6.66. The molecule has 3 nitrogen and oxygen atoms in total. The summed E-state index contributed by atoms with van der Waals surface area (Å²) in [5.41, 5.74) is -0.601. The van der Waals surface area contributed by atoms with Gasteiger partial charge in [0.25, 0.3) is 0 Å². The molecule has 2 saturated heterocycles. The maximum Gasteiger partial charge on any atom is 0.312 e. The second kappa shape index (κ2) is 1.59. The summed E-state index contributed by atoms with van der Waals surface area (Å²) in [7, 11) is 0. The zero-order chi connectivity index (χ0) is 8.40. The summed E-state index contributed by atoms with van der Waals surface area (Å²) in [6, 6.07) is 0. The van der Waals surface area contributed by atoms with Gasteiger partial charge in [0, 0.05) is 0 Å². The SMILES string of the molecule is CC12C=CC3(COC(=O)C3C1)O2. The van der Waals surface area contributed by atoms with Crippen molar-refractivity contribution in [1.82, 2.24) is 0 Å². The van der Waals surface area contributed by atoms with Crippen molar-refractivity contribution in [2.75, 3.05) is 6.61 Å². The lowest BCUT2D eigenvalue weighted by molar-refractivity contribution is -0.142. The van der Waals surface area contributed by atoms with Gasteiger partial charge in [-0.1, -0.05) is 6.08 Å². The van der Waals surface area contributed by atoms with Gasteiger partial charge in [0.1, 0.15) is 12.2 Å². The van der Waals surface area contributed by atoms with Crippen LogP contribution >= 0.6 is 0 Å². The lowest BCUT2D eigenvalue weighted by Crippen LogP contribution is -2.31. The van der Waals surface area contributed by atoms with Crippen LogP contribution in [0.5, 0.6) is 0 Å². The summed E-state index contributed by atoms with van der Waals surface area (Å²) >= 11 is 0. The molecule has 64 valence electrons. The van der Waals surface area contributed by atoms with Crippen LogP contribution in [-0.4, -0.2) is 23.8 Å². The Morgan fingerprint density at radius 2 is 2.42 bits per heavy atom. The number of hydrogen-bond acceptors (Lipinski definition) is 3. The van der Waals surface area contributed by atoms with Gasteiger partial charge in [0.05, 0.1) is 11.5 Å². The van der Waals surface area contributed by atoms with Crippen LogP contribution in [0.3, 0.4) is 0 Å². The molecule has 1 spiro atoms. The molecule has 0 saturated carbocycles. The third-order valence-corrected chi connectivity index (χ3v) is 3.06. The highest BCUT2D eigenvalue weighted by molar-refractivity contribution is 5.78. The molecule has 3 heteroatoms. The molecule has 3 unspecified atom stereocenters. The lowest BCUT2D eigenvalue weighted by atomic mass is 9.81. The van der Waals surface area contributed by atoms with Gasteiger partial charge in [-0.05, 0) is 19.4 Å². The number of carbonyl (C=O) groups excluding carboxylic acids is 1. The fourth-order valence-corrected chi connectivity index (χ4v) is 2.44. The van der Waals surface area contributed by atoms with Gasteiger partial charge in [0.2, 0.25) is 0 Å². The maximum atomic E-state index is 11.2. The number of cyclic esters (lactones) is 1. The second-order valence-electron chi connectivity index (χ2n) is 4.07. The van der Waals surface area contributed by atoms with Crippen LogP contribution in [-0.2, 0) is 14.3 Å². The summed E-state index contributed by atoms with van der Waals surface area (Å²) in [6.45, 7) is 2.42. The first-order valence-electron chi connectivity index (χ1n) is 4.21. The fraction of sp³-hybridized carbons (Fsp3) is 0.667. The normalized spacial score (nSPS) is 54.4. The van der Waals surface area contributed by atoms with Gasteiger partial charge in [-0.25, -0.2) is 0 Å². The minimum Gasteiger partial charge on any atom is -0.462 e. The average molecular weight is 166 g/mol. The lowest BCUT2D eigenvalue weighted by Gasteiger charge is -2.18. The number of fused-ring (bicyclic) bond motifs is 1. The van der Waals surface area contributed by atoms with E-state index in [4.69, 9.17) is 9.47 Å². The summed E-state index contributed by atoms with van der Waals surface area (Å²) in [6.07, 6.45) is 4.82. The van der Waals surface area contributed by atoms with Crippen molar-refractivity contribution in [3.63, 3.8) is 0 Å². The number of carbonyl (C=O) groups is 1. The van der Waals surface area contributed by atoms with Crippen LogP contribution in [0.15, 0.2) is 12.2 Å². The van der Waals surface area contributed by atoms with Gasteiger partial charge in [-0.15, -0.1) is 0 Å². The molecule has 3 aliphatic rings. The van der Waals surface area contributed by atoms with Crippen molar-refractivity contribution in [2.24, 2.45) is 5.92 Å². The molecule has 12 heavy (non-hydrogen) atoms. The Balaban J connectivity index is 2.10. The van der Waals surface area contributed by atoms with Gasteiger partial charge >= 0.3 is 5.97 Å². The summed E-state index contributed by atoms with van der Waals surface area (Å²) < 4.78 is 10.8. The largest absolute Gasteiger partial charge is 0.462 e. The fourth-order valence-electron chi connectivity index (χ4n) is 2.44. The third kappa shape index (κ3) is 0.556. The smallest absolute Gasteiger partial charge is 0.312 e. The van der Waals surface area contributed by atoms with E-state index in [1.54, 1.807) is 0 Å². The van der Waals surface area contributed by atoms with Crippen molar-refractivity contribution in [2.45, 2.75) is 24.5 Å². The van der Waals surface area contributed by atoms with E-state index in [1.807, 2.05) is 19.1 Å². The molecule has 2 bridgehead atoms. The van der Waals surface area contributed by atoms with E-state index in [0.717, 1.165) is 6.42 Å². The third-order valence-electron chi connectivity index (χ3n) is 3.06. The molecule has 0 amide bonds. The van der Waals surface area contributed by atoms with E-state index in [2.05, 4.69) is 0 Å². The van der Waals surface area contributed by atoms with Crippen LogP contribution in [0.25, 0.3) is 0 Å². The molecule has 0 N–H and O–H groups in total. The second-order valence-corrected chi connectivity index (χ2v) is 4.07. The predicted octanol–water partition coefficient (Wildman–Crippen LogP) is 0.647. The Morgan fingerprint density at radius 1 is 1.58 bits per heavy atom. The molecule has 3 heterocycles. The predicted molar refractivity (Wildman–Crippen MR) is 40.4 cm³/mol. The van der Waals surface area contributed by atoms with Crippen LogP contribution in [0.2, 0.25) is 0 Å². The molecule has 0 aromatic carbocycles. The summed E-state index contributed by atoms with van der Waals surface area (Å²) in [5, 5.41) is 0. The van der Waals surface area contributed by atoms with Gasteiger partial charge in [-0.2, -0.15) is 0 Å². The molecule has 0 radical (unpaired) electrons. The van der Waals surface area contributed by atoms with E-state index in [1.165, 1.54) is 0 Å². The van der Waals surface area contributed by atoms with Crippen molar-refractivity contribution in [1.29, 1.82) is 0 Å². The van der Waals surface area contributed by atoms with E-state index >= 15 is 0 Å². The molecule has 0 aromatic rings. The quantitative estimate of drug-likeness (QED) is 0.391. The van der Waals surface area contributed by atoms with Gasteiger partial charge in [-0.3, -0.25) is 4.79 Å². The first-order chi connectivity index (χ1) is 5.64. The minimum atomic E-state index is -0.397. The number of esters is 1. The highest BCUT2D eigenvalue weighted by Crippen LogP contribution is 2.52. The Hall–Kier alpha value is -0.830. The average Bonchev–Trinajstić information content (AvgIpc) is 2.58. The number of hydrogen-bond donors (Lipinski definition) is 0. The van der Waals surface area contributed by atoms with Crippen LogP contribution in [0.1, 0.15) is 13.3 Å². The zero-order valence-corrected chi connectivity index (χ0v) is 6.87. The van der Waals surface area contributed by atoms with Gasteiger partial charge in [0.15, 0.2) is 0 Å². The van der Waals surface area contributed by atoms with Crippen molar-refractivity contribution in [3.8, 4) is 0 Å². The topological polar surface area (TPSA) is 35.5 Å². The minimum absolute atomic E-state index is 0.0486. The molecule has 3 atom stereocenters. The molecular formula is C9H10O3.